The van der Waals surface area contributed by atoms with Crippen LogP contribution in [0.4, 0.5) is 4.39 Å². The highest BCUT2D eigenvalue weighted by atomic mass is 19.1. The molecule has 136 valence electrons. The van der Waals surface area contributed by atoms with E-state index < -0.39 is 0 Å². The first-order chi connectivity index (χ1) is 12.7. The van der Waals surface area contributed by atoms with Crippen molar-refractivity contribution in [1.82, 2.24) is 19.9 Å². The Bertz CT molecular complexity index is 868. The fraction of sp³-hybridized carbons (Fsp3) is 0.368. The number of piperazine rings is 1. The topological polar surface area (TPSA) is 58.5 Å². The van der Waals surface area contributed by atoms with Crippen molar-refractivity contribution in [2.45, 2.75) is 20.0 Å². The van der Waals surface area contributed by atoms with Crippen molar-refractivity contribution < 1.29 is 13.3 Å². The molecule has 0 aliphatic carbocycles. The van der Waals surface area contributed by atoms with Crippen molar-refractivity contribution in [2.75, 3.05) is 26.2 Å². The second-order valence-electron chi connectivity index (χ2n) is 6.64. The van der Waals surface area contributed by atoms with Crippen LogP contribution >= 0.6 is 0 Å². The number of aromatic nitrogens is 2. The number of oxazole rings is 1. The summed E-state index contributed by atoms with van der Waals surface area (Å²) in [5.74, 6) is 1.01. The summed E-state index contributed by atoms with van der Waals surface area (Å²) in [5, 5.41) is 4.06. The van der Waals surface area contributed by atoms with E-state index in [1.807, 2.05) is 13.0 Å². The standard InChI is InChI=1S/C19H21FN4O2/c1-14-9-17(22-26-14)11-23-5-7-24(8-6-23)12-18-13-25-19(21-18)15-3-2-4-16(20)10-15/h2-4,9-10,13H,5-8,11-12H2,1H3. The van der Waals surface area contributed by atoms with Gasteiger partial charge in [-0.3, -0.25) is 9.80 Å². The van der Waals surface area contributed by atoms with E-state index in [0.29, 0.717) is 11.5 Å². The molecule has 0 amide bonds. The van der Waals surface area contributed by atoms with E-state index in [9.17, 15) is 4.39 Å². The Balaban J connectivity index is 1.30. The minimum atomic E-state index is -0.291. The van der Waals surface area contributed by atoms with Gasteiger partial charge >= 0.3 is 0 Å². The lowest BCUT2D eigenvalue weighted by atomic mass is 10.2. The highest BCUT2D eigenvalue weighted by Crippen LogP contribution is 2.20. The van der Waals surface area contributed by atoms with Crippen molar-refractivity contribution in [3.63, 3.8) is 0 Å². The van der Waals surface area contributed by atoms with Crippen LogP contribution in [0.3, 0.4) is 0 Å². The summed E-state index contributed by atoms with van der Waals surface area (Å²) in [5.41, 5.74) is 2.50. The van der Waals surface area contributed by atoms with E-state index >= 15 is 0 Å². The van der Waals surface area contributed by atoms with E-state index in [4.69, 9.17) is 8.94 Å². The second kappa shape index (κ2) is 7.39. The van der Waals surface area contributed by atoms with Crippen LogP contribution in [0.1, 0.15) is 17.1 Å². The molecule has 1 aliphatic heterocycles. The normalized spacial score (nSPS) is 16.2. The molecule has 3 heterocycles. The summed E-state index contributed by atoms with van der Waals surface area (Å²) in [4.78, 5) is 9.21. The number of aryl methyl sites for hydroxylation is 1. The lowest BCUT2D eigenvalue weighted by Crippen LogP contribution is -2.45. The van der Waals surface area contributed by atoms with E-state index in [0.717, 1.165) is 56.4 Å². The lowest BCUT2D eigenvalue weighted by Gasteiger charge is -2.33. The molecule has 0 bridgehead atoms. The van der Waals surface area contributed by atoms with Crippen molar-refractivity contribution in [3.8, 4) is 11.5 Å². The summed E-state index contributed by atoms with van der Waals surface area (Å²) in [6.07, 6.45) is 1.66. The number of hydrogen-bond donors (Lipinski definition) is 0. The molecule has 0 N–H and O–H groups in total. The SMILES string of the molecule is Cc1cc(CN2CCN(Cc3coc(-c4cccc(F)c4)n3)CC2)no1. The Morgan fingerprint density at radius 2 is 1.77 bits per heavy atom. The Kier molecular flexibility index (Phi) is 4.81. The zero-order chi connectivity index (χ0) is 17.9. The Morgan fingerprint density at radius 1 is 1.04 bits per heavy atom. The van der Waals surface area contributed by atoms with Gasteiger partial charge < -0.3 is 8.94 Å². The molecule has 1 fully saturated rings. The first kappa shape index (κ1) is 16.9. The van der Waals surface area contributed by atoms with Crippen molar-refractivity contribution >= 4 is 0 Å². The summed E-state index contributed by atoms with van der Waals surface area (Å²) in [6.45, 7) is 7.32. The average molecular weight is 356 g/mol. The van der Waals surface area contributed by atoms with Crippen LogP contribution in [-0.4, -0.2) is 46.1 Å². The molecule has 0 saturated carbocycles. The molecule has 0 unspecified atom stereocenters. The van der Waals surface area contributed by atoms with Gasteiger partial charge in [-0.15, -0.1) is 0 Å². The van der Waals surface area contributed by atoms with Gasteiger partial charge in [0, 0.05) is 50.9 Å². The van der Waals surface area contributed by atoms with E-state index in [1.54, 1.807) is 18.4 Å². The molecular weight excluding hydrogens is 335 g/mol. The molecule has 3 aromatic rings. The largest absolute Gasteiger partial charge is 0.444 e. The highest BCUT2D eigenvalue weighted by Gasteiger charge is 2.19. The molecular formula is C19H21FN4O2. The average Bonchev–Trinajstić information content (AvgIpc) is 3.26. The molecule has 6 nitrogen and oxygen atoms in total. The number of benzene rings is 1. The molecule has 2 aromatic heterocycles. The summed E-state index contributed by atoms with van der Waals surface area (Å²) in [6, 6.07) is 8.27. The predicted octanol–water partition coefficient (Wildman–Crippen LogP) is 3.09. The van der Waals surface area contributed by atoms with Crippen molar-refractivity contribution in [1.29, 1.82) is 0 Å². The zero-order valence-electron chi connectivity index (χ0n) is 14.7. The number of nitrogens with zero attached hydrogens (tertiary/aromatic N) is 4. The van der Waals surface area contributed by atoms with Gasteiger partial charge in [0.25, 0.3) is 0 Å². The first-order valence-corrected chi connectivity index (χ1v) is 8.73. The van der Waals surface area contributed by atoms with Crippen LogP contribution in [0.25, 0.3) is 11.5 Å². The molecule has 0 spiro atoms. The summed E-state index contributed by atoms with van der Waals surface area (Å²) in [7, 11) is 0. The third-order valence-electron chi connectivity index (χ3n) is 4.54. The minimum absolute atomic E-state index is 0.291. The summed E-state index contributed by atoms with van der Waals surface area (Å²) < 4.78 is 24.0. The van der Waals surface area contributed by atoms with Gasteiger partial charge in [0.05, 0.1) is 11.4 Å². The van der Waals surface area contributed by atoms with Gasteiger partial charge in [-0.25, -0.2) is 9.37 Å². The fourth-order valence-corrected chi connectivity index (χ4v) is 3.19. The Labute approximate surface area is 151 Å². The molecule has 0 atom stereocenters. The van der Waals surface area contributed by atoms with Gasteiger partial charge in [0.1, 0.15) is 17.8 Å². The molecule has 4 rings (SSSR count). The molecule has 1 aliphatic rings. The van der Waals surface area contributed by atoms with Crippen LogP contribution in [0.2, 0.25) is 0 Å². The number of rotatable bonds is 5. The van der Waals surface area contributed by atoms with Crippen LogP contribution in [-0.2, 0) is 13.1 Å². The lowest BCUT2D eigenvalue weighted by molar-refractivity contribution is 0.119. The van der Waals surface area contributed by atoms with Crippen LogP contribution in [0.5, 0.6) is 0 Å². The maximum absolute atomic E-state index is 13.3. The number of halogens is 1. The van der Waals surface area contributed by atoms with Crippen LogP contribution in [0.15, 0.2) is 45.5 Å². The van der Waals surface area contributed by atoms with Crippen molar-refractivity contribution in [3.05, 3.63) is 59.6 Å². The van der Waals surface area contributed by atoms with Gasteiger partial charge in [-0.2, -0.15) is 0 Å². The number of hydrogen-bond acceptors (Lipinski definition) is 6. The van der Waals surface area contributed by atoms with E-state index in [2.05, 4.69) is 19.9 Å². The third-order valence-corrected chi connectivity index (χ3v) is 4.54. The van der Waals surface area contributed by atoms with Crippen LogP contribution < -0.4 is 0 Å². The van der Waals surface area contributed by atoms with Gasteiger partial charge in [0.15, 0.2) is 0 Å². The maximum atomic E-state index is 13.3. The Hall–Kier alpha value is -2.51. The smallest absolute Gasteiger partial charge is 0.226 e. The van der Waals surface area contributed by atoms with Crippen LogP contribution in [0, 0.1) is 12.7 Å². The predicted molar refractivity (Wildman–Crippen MR) is 93.7 cm³/mol. The summed E-state index contributed by atoms with van der Waals surface area (Å²) >= 11 is 0. The second-order valence-corrected chi connectivity index (χ2v) is 6.64. The molecule has 7 heteroatoms. The van der Waals surface area contributed by atoms with E-state index in [-0.39, 0.29) is 5.82 Å². The molecule has 1 saturated heterocycles. The van der Waals surface area contributed by atoms with Crippen molar-refractivity contribution in [2.24, 2.45) is 0 Å². The highest BCUT2D eigenvalue weighted by molar-refractivity contribution is 5.52. The Morgan fingerprint density at radius 3 is 2.42 bits per heavy atom. The van der Waals surface area contributed by atoms with Gasteiger partial charge in [-0.1, -0.05) is 11.2 Å². The minimum Gasteiger partial charge on any atom is -0.444 e. The molecule has 1 aromatic carbocycles. The maximum Gasteiger partial charge on any atom is 0.226 e. The quantitative estimate of drug-likeness (QED) is 0.700. The van der Waals surface area contributed by atoms with Gasteiger partial charge in [-0.05, 0) is 25.1 Å². The fourth-order valence-electron chi connectivity index (χ4n) is 3.19. The zero-order valence-corrected chi connectivity index (χ0v) is 14.7. The third kappa shape index (κ3) is 4.00. The monoisotopic (exact) mass is 356 g/mol. The molecule has 0 radical (unpaired) electrons. The van der Waals surface area contributed by atoms with Gasteiger partial charge in [0.2, 0.25) is 5.89 Å². The first-order valence-electron chi connectivity index (χ1n) is 8.73. The molecule has 26 heavy (non-hydrogen) atoms. The van der Waals surface area contributed by atoms with E-state index in [1.165, 1.54) is 12.1 Å².